The van der Waals surface area contributed by atoms with Gasteiger partial charge in [-0.3, -0.25) is 4.79 Å². The number of benzene rings is 2. The normalized spacial score (nSPS) is 10.4. The molecule has 0 atom stereocenters. The molecule has 0 aliphatic rings. The van der Waals surface area contributed by atoms with Gasteiger partial charge in [0.05, 0.1) is 23.5 Å². The number of nitrogens with one attached hydrogen (secondary N) is 2. The zero-order chi connectivity index (χ0) is 19.4. The predicted octanol–water partition coefficient (Wildman–Crippen LogP) is 4.75. The van der Waals surface area contributed by atoms with Gasteiger partial charge in [-0.25, -0.2) is 9.97 Å². The van der Waals surface area contributed by atoms with Crippen molar-refractivity contribution in [3.8, 4) is 5.75 Å². The summed E-state index contributed by atoms with van der Waals surface area (Å²) in [5.41, 5.74) is 3.45. The van der Waals surface area contributed by atoms with Gasteiger partial charge in [-0.05, 0) is 43.2 Å². The second kappa shape index (κ2) is 8.05. The van der Waals surface area contributed by atoms with E-state index >= 15 is 0 Å². The highest BCUT2D eigenvalue weighted by Crippen LogP contribution is 2.28. The fourth-order valence-electron chi connectivity index (χ4n) is 2.69. The third kappa shape index (κ3) is 4.35. The number of nitrogens with zero attached hydrogens (tertiary/aromatic N) is 2. The molecule has 1 heterocycles. The number of amides is 1. The number of aromatic nitrogens is 2. The molecule has 1 aromatic heterocycles. The smallest absolute Gasteiger partial charge is 0.274 e. The van der Waals surface area contributed by atoms with E-state index < -0.39 is 0 Å². The second-order valence-corrected chi connectivity index (χ2v) is 6.41. The van der Waals surface area contributed by atoms with Crippen LogP contribution in [0.1, 0.15) is 21.6 Å². The summed E-state index contributed by atoms with van der Waals surface area (Å²) in [5, 5.41) is 6.44. The molecule has 1 amide bonds. The van der Waals surface area contributed by atoms with Crippen molar-refractivity contribution < 1.29 is 9.53 Å². The van der Waals surface area contributed by atoms with Crippen molar-refractivity contribution in [2.24, 2.45) is 0 Å². The van der Waals surface area contributed by atoms with Crippen LogP contribution in [0.25, 0.3) is 0 Å². The lowest BCUT2D eigenvalue weighted by molar-refractivity contribution is 0.102. The molecule has 138 valence electrons. The summed E-state index contributed by atoms with van der Waals surface area (Å²) >= 11 is 6.26. The van der Waals surface area contributed by atoms with Gasteiger partial charge in [0.15, 0.2) is 0 Å². The highest BCUT2D eigenvalue weighted by Gasteiger charge is 2.14. The first-order chi connectivity index (χ1) is 13.0. The van der Waals surface area contributed by atoms with Gasteiger partial charge in [0.1, 0.15) is 23.6 Å². The van der Waals surface area contributed by atoms with Crippen LogP contribution >= 0.6 is 11.6 Å². The maximum atomic E-state index is 12.6. The van der Waals surface area contributed by atoms with Gasteiger partial charge >= 0.3 is 0 Å². The van der Waals surface area contributed by atoms with E-state index in [1.54, 1.807) is 19.2 Å². The molecule has 0 spiro atoms. The Morgan fingerprint density at radius 3 is 2.63 bits per heavy atom. The van der Waals surface area contributed by atoms with Crippen molar-refractivity contribution in [3.63, 3.8) is 0 Å². The number of carbonyl (C=O) groups excluding carboxylic acids is 1. The Bertz CT molecular complexity index is 968. The summed E-state index contributed by atoms with van der Waals surface area (Å²) in [4.78, 5) is 20.8. The van der Waals surface area contributed by atoms with Crippen molar-refractivity contribution in [3.05, 3.63) is 70.6 Å². The quantitative estimate of drug-likeness (QED) is 0.665. The summed E-state index contributed by atoms with van der Waals surface area (Å²) in [6.07, 6.45) is 1.33. The third-order valence-electron chi connectivity index (χ3n) is 3.94. The van der Waals surface area contributed by atoms with E-state index in [1.165, 1.54) is 6.33 Å². The maximum absolute atomic E-state index is 12.6. The van der Waals surface area contributed by atoms with Crippen molar-refractivity contribution in [2.45, 2.75) is 13.8 Å². The molecule has 3 aromatic rings. The van der Waals surface area contributed by atoms with Crippen LogP contribution in [-0.4, -0.2) is 23.0 Å². The van der Waals surface area contributed by atoms with E-state index in [-0.39, 0.29) is 11.6 Å². The number of hydrogen-bond donors (Lipinski definition) is 2. The molecular weight excluding hydrogens is 364 g/mol. The topological polar surface area (TPSA) is 76.1 Å². The molecule has 0 unspecified atom stereocenters. The maximum Gasteiger partial charge on any atom is 0.274 e. The molecule has 2 aromatic carbocycles. The van der Waals surface area contributed by atoms with Gasteiger partial charge in [0, 0.05) is 6.07 Å². The van der Waals surface area contributed by atoms with Crippen molar-refractivity contribution in [1.29, 1.82) is 0 Å². The van der Waals surface area contributed by atoms with Crippen LogP contribution in [-0.2, 0) is 0 Å². The number of aryl methyl sites for hydroxylation is 2. The van der Waals surface area contributed by atoms with E-state index in [4.69, 9.17) is 16.3 Å². The number of rotatable bonds is 5. The second-order valence-electron chi connectivity index (χ2n) is 6.01. The van der Waals surface area contributed by atoms with Crippen LogP contribution in [0.5, 0.6) is 5.75 Å². The lowest BCUT2D eigenvalue weighted by Crippen LogP contribution is -2.15. The van der Waals surface area contributed by atoms with Gasteiger partial charge in [0.25, 0.3) is 5.91 Å². The average Bonchev–Trinajstić information content (AvgIpc) is 2.65. The van der Waals surface area contributed by atoms with E-state index in [1.807, 2.05) is 44.2 Å². The molecule has 3 rings (SSSR count). The first-order valence-electron chi connectivity index (χ1n) is 8.28. The molecule has 0 aliphatic carbocycles. The Morgan fingerprint density at radius 2 is 1.89 bits per heavy atom. The zero-order valence-electron chi connectivity index (χ0n) is 15.2. The highest BCUT2D eigenvalue weighted by molar-refractivity contribution is 6.34. The molecule has 0 radical (unpaired) electrons. The van der Waals surface area contributed by atoms with Gasteiger partial charge in [0.2, 0.25) is 0 Å². The Hall–Kier alpha value is -3.12. The molecule has 6 nitrogen and oxygen atoms in total. The summed E-state index contributed by atoms with van der Waals surface area (Å²) < 4.78 is 5.31. The Labute approximate surface area is 162 Å². The van der Waals surface area contributed by atoms with Crippen LogP contribution in [0.3, 0.4) is 0 Å². The number of hydrogen-bond acceptors (Lipinski definition) is 5. The molecule has 27 heavy (non-hydrogen) atoms. The monoisotopic (exact) mass is 382 g/mol. The highest BCUT2D eigenvalue weighted by atomic mass is 35.5. The number of anilines is 3. The van der Waals surface area contributed by atoms with Crippen LogP contribution in [0.4, 0.5) is 17.2 Å². The SMILES string of the molecule is COc1ccccc1Nc1cc(C(=O)Nc2c(C)cc(C)cc2Cl)ncn1. The predicted molar refractivity (Wildman–Crippen MR) is 107 cm³/mol. The van der Waals surface area contributed by atoms with Gasteiger partial charge in [-0.15, -0.1) is 0 Å². The molecular formula is C20H19ClN4O2. The first kappa shape index (κ1) is 18.7. The fraction of sp³-hybridized carbons (Fsp3) is 0.150. The van der Waals surface area contributed by atoms with E-state index in [2.05, 4.69) is 20.6 Å². The molecule has 7 heteroatoms. The van der Waals surface area contributed by atoms with Gasteiger partial charge < -0.3 is 15.4 Å². The standard InChI is InChI=1S/C20H19ClN4O2/c1-12-8-13(2)19(14(21)9-12)25-20(26)16-10-18(23-11-22-16)24-15-6-4-5-7-17(15)27-3/h4-11H,1-3H3,(H,25,26)(H,22,23,24). The summed E-state index contributed by atoms with van der Waals surface area (Å²) in [6.45, 7) is 3.84. The summed E-state index contributed by atoms with van der Waals surface area (Å²) in [6, 6.07) is 12.8. The van der Waals surface area contributed by atoms with Crippen LogP contribution in [0.2, 0.25) is 5.02 Å². The Morgan fingerprint density at radius 1 is 1.11 bits per heavy atom. The number of para-hydroxylation sites is 2. The number of ether oxygens (including phenoxy) is 1. The third-order valence-corrected chi connectivity index (χ3v) is 4.24. The number of methoxy groups -OCH3 is 1. The van der Waals surface area contributed by atoms with Crippen molar-refractivity contribution >= 4 is 34.7 Å². The Balaban J connectivity index is 1.82. The Kier molecular flexibility index (Phi) is 5.57. The minimum atomic E-state index is -0.366. The van der Waals surface area contributed by atoms with Gasteiger partial charge in [-0.1, -0.05) is 29.8 Å². The van der Waals surface area contributed by atoms with E-state index in [9.17, 15) is 4.79 Å². The molecule has 0 bridgehead atoms. The largest absolute Gasteiger partial charge is 0.495 e. The molecule has 0 aliphatic heterocycles. The number of halogens is 1. The fourth-order valence-corrected chi connectivity index (χ4v) is 3.06. The zero-order valence-corrected chi connectivity index (χ0v) is 16.0. The first-order valence-corrected chi connectivity index (χ1v) is 8.66. The number of carbonyl (C=O) groups is 1. The molecule has 0 saturated carbocycles. The minimum absolute atomic E-state index is 0.221. The van der Waals surface area contributed by atoms with E-state index in [0.29, 0.717) is 22.3 Å². The summed E-state index contributed by atoms with van der Waals surface area (Å²) in [7, 11) is 1.59. The lowest BCUT2D eigenvalue weighted by Gasteiger charge is -2.12. The van der Waals surface area contributed by atoms with Crippen LogP contribution in [0, 0.1) is 13.8 Å². The van der Waals surface area contributed by atoms with E-state index in [0.717, 1.165) is 16.8 Å². The van der Waals surface area contributed by atoms with Crippen molar-refractivity contribution in [2.75, 3.05) is 17.7 Å². The lowest BCUT2D eigenvalue weighted by atomic mass is 10.1. The van der Waals surface area contributed by atoms with Gasteiger partial charge in [-0.2, -0.15) is 0 Å². The van der Waals surface area contributed by atoms with Crippen LogP contribution in [0.15, 0.2) is 48.8 Å². The minimum Gasteiger partial charge on any atom is -0.495 e. The average molecular weight is 383 g/mol. The van der Waals surface area contributed by atoms with Crippen LogP contribution < -0.4 is 15.4 Å². The molecule has 0 saturated heterocycles. The summed E-state index contributed by atoms with van der Waals surface area (Å²) in [5.74, 6) is 0.782. The molecule has 2 N–H and O–H groups in total. The molecule has 0 fully saturated rings. The van der Waals surface area contributed by atoms with Crippen molar-refractivity contribution in [1.82, 2.24) is 9.97 Å².